The largest absolute Gasteiger partial charge is 0.501 e. The fourth-order valence-electron chi connectivity index (χ4n) is 3.67. The van der Waals surface area contributed by atoms with Crippen molar-refractivity contribution >= 4 is 16.6 Å². The summed E-state index contributed by atoms with van der Waals surface area (Å²) in [6, 6.07) is 10.7. The van der Waals surface area contributed by atoms with Gasteiger partial charge in [0, 0.05) is 30.3 Å². The first-order valence-corrected chi connectivity index (χ1v) is 12.2. The number of hydrogen-bond donors (Lipinski definition) is 0. The molecule has 1 aliphatic rings. The Morgan fingerprint density at radius 1 is 1.09 bits per heavy atom. The zero-order valence-corrected chi connectivity index (χ0v) is 21.1. The predicted molar refractivity (Wildman–Crippen MR) is 140 cm³/mol. The highest BCUT2D eigenvalue weighted by molar-refractivity contribution is 5.86. The normalized spacial score (nSPS) is 14.5. The molecule has 4 heteroatoms. The standard InChI is InChI=1S/C20H25NO2.C6H13N.C2H6/c1-4-9-18(11-8-14-23-5-2)21-19(13-15-22-3)16-17-10-6-7-12-20(17)21;1-2-7-5-3-4-6-7;1-2/h4,6-12,14,16H,5,13,15H2,1-3H3;2-6H2,1H3;1-2H3/b9-4-,14-8+,18-11+;;. The summed E-state index contributed by atoms with van der Waals surface area (Å²) in [4.78, 5) is 2.49. The molecule has 3 rings (SSSR count). The molecule has 0 amide bonds. The number of benzene rings is 1. The van der Waals surface area contributed by atoms with Gasteiger partial charge in [-0.05, 0) is 76.7 Å². The number of nitrogens with zero attached hydrogens (tertiary/aromatic N) is 2. The number of methoxy groups -OCH3 is 1. The molecule has 0 atom stereocenters. The predicted octanol–water partition coefficient (Wildman–Crippen LogP) is 6.93. The summed E-state index contributed by atoms with van der Waals surface area (Å²) in [6.45, 7) is 15.5. The van der Waals surface area contributed by atoms with Gasteiger partial charge in [-0.25, -0.2) is 0 Å². The van der Waals surface area contributed by atoms with E-state index in [1.807, 2.05) is 33.8 Å². The maximum Gasteiger partial charge on any atom is 0.0845 e. The number of hydrogen-bond acceptors (Lipinski definition) is 3. The van der Waals surface area contributed by atoms with E-state index in [0.717, 1.165) is 12.1 Å². The van der Waals surface area contributed by atoms with Crippen molar-refractivity contribution < 1.29 is 9.47 Å². The van der Waals surface area contributed by atoms with E-state index >= 15 is 0 Å². The lowest BCUT2D eigenvalue weighted by Gasteiger charge is -2.11. The highest BCUT2D eigenvalue weighted by atomic mass is 16.5. The van der Waals surface area contributed by atoms with Crippen LogP contribution in [0.4, 0.5) is 0 Å². The van der Waals surface area contributed by atoms with Crippen LogP contribution in [0.15, 0.2) is 60.9 Å². The Kier molecular flexibility index (Phi) is 15.0. The van der Waals surface area contributed by atoms with Crippen molar-refractivity contribution in [3.05, 3.63) is 66.6 Å². The number of fused-ring (bicyclic) bond motifs is 1. The molecule has 1 saturated heterocycles. The highest BCUT2D eigenvalue weighted by Gasteiger charge is 2.10. The molecule has 2 aromatic rings. The van der Waals surface area contributed by atoms with Gasteiger partial charge in [0.2, 0.25) is 0 Å². The van der Waals surface area contributed by atoms with Crippen LogP contribution in [0.3, 0.4) is 0 Å². The van der Waals surface area contributed by atoms with Crippen molar-refractivity contribution in [1.82, 2.24) is 9.47 Å². The molecule has 1 aromatic carbocycles. The maximum atomic E-state index is 5.28. The second-order valence-electron chi connectivity index (χ2n) is 7.29. The van der Waals surface area contributed by atoms with Gasteiger partial charge in [-0.1, -0.05) is 45.0 Å². The second kappa shape index (κ2) is 17.3. The molecule has 0 unspecified atom stereocenters. The van der Waals surface area contributed by atoms with Gasteiger partial charge in [0.05, 0.1) is 25.0 Å². The Morgan fingerprint density at radius 2 is 1.81 bits per heavy atom. The van der Waals surface area contributed by atoms with Gasteiger partial charge < -0.3 is 18.9 Å². The average Bonchev–Trinajstić information content (AvgIpc) is 3.49. The number of allylic oxidation sites excluding steroid dienone is 5. The monoisotopic (exact) mass is 440 g/mol. The summed E-state index contributed by atoms with van der Waals surface area (Å²) in [6.07, 6.45) is 13.6. The molecule has 178 valence electrons. The van der Waals surface area contributed by atoms with Gasteiger partial charge in [-0.15, -0.1) is 0 Å². The molecular weight excluding hydrogens is 396 g/mol. The van der Waals surface area contributed by atoms with E-state index in [9.17, 15) is 0 Å². The average molecular weight is 441 g/mol. The minimum absolute atomic E-state index is 0.675. The van der Waals surface area contributed by atoms with Crippen molar-refractivity contribution in [2.45, 2.75) is 53.9 Å². The zero-order chi connectivity index (χ0) is 23.6. The summed E-state index contributed by atoms with van der Waals surface area (Å²) in [7, 11) is 1.74. The van der Waals surface area contributed by atoms with E-state index in [0.29, 0.717) is 13.2 Å². The fourth-order valence-corrected chi connectivity index (χ4v) is 3.67. The summed E-state index contributed by atoms with van der Waals surface area (Å²) in [5.41, 5.74) is 3.55. The maximum absolute atomic E-state index is 5.28. The van der Waals surface area contributed by atoms with Crippen molar-refractivity contribution in [2.24, 2.45) is 0 Å². The lowest BCUT2D eigenvalue weighted by Crippen LogP contribution is -2.17. The van der Waals surface area contributed by atoms with Crippen LogP contribution in [-0.4, -0.2) is 49.4 Å². The van der Waals surface area contributed by atoms with E-state index in [1.54, 1.807) is 13.4 Å². The molecule has 0 bridgehead atoms. The van der Waals surface area contributed by atoms with Gasteiger partial charge in [0.15, 0.2) is 0 Å². The van der Waals surface area contributed by atoms with Crippen LogP contribution in [0.2, 0.25) is 0 Å². The molecule has 0 aliphatic carbocycles. The number of likely N-dealkylation sites (tertiary alicyclic amines) is 1. The van der Waals surface area contributed by atoms with Crippen molar-refractivity contribution in [3.8, 4) is 0 Å². The summed E-state index contributed by atoms with van der Waals surface area (Å²) < 4.78 is 12.8. The number of aromatic nitrogens is 1. The van der Waals surface area contributed by atoms with Gasteiger partial charge in [0.1, 0.15) is 0 Å². The number of para-hydroxylation sites is 1. The summed E-state index contributed by atoms with van der Waals surface area (Å²) in [5, 5.41) is 1.24. The van der Waals surface area contributed by atoms with Crippen molar-refractivity contribution in [1.29, 1.82) is 0 Å². The molecule has 4 nitrogen and oxygen atoms in total. The molecule has 1 aromatic heterocycles. The van der Waals surface area contributed by atoms with E-state index in [-0.39, 0.29) is 0 Å². The van der Waals surface area contributed by atoms with Crippen LogP contribution in [0.5, 0.6) is 0 Å². The molecule has 32 heavy (non-hydrogen) atoms. The molecular formula is C28H44N2O2. The van der Waals surface area contributed by atoms with Crippen LogP contribution in [0.25, 0.3) is 16.6 Å². The third kappa shape index (κ3) is 9.05. The lowest BCUT2D eigenvalue weighted by molar-refractivity contribution is 0.201. The quantitative estimate of drug-likeness (QED) is 0.312. The Hall–Kier alpha value is -2.30. The van der Waals surface area contributed by atoms with Crippen LogP contribution < -0.4 is 0 Å². The van der Waals surface area contributed by atoms with E-state index < -0.39 is 0 Å². The van der Waals surface area contributed by atoms with Crippen LogP contribution in [0.1, 0.15) is 53.2 Å². The number of rotatable bonds is 9. The number of ether oxygens (including phenoxy) is 2. The third-order valence-electron chi connectivity index (χ3n) is 5.20. The second-order valence-corrected chi connectivity index (χ2v) is 7.29. The smallest absolute Gasteiger partial charge is 0.0845 e. The van der Waals surface area contributed by atoms with E-state index in [4.69, 9.17) is 9.47 Å². The Balaban J connectivity index is 0.000000477. The Labute approximate surface area is 196 Å². The summed E-state index contributed by atoms with van der Waals surface area (Å²) in [5.74, 6) is 0. The van der Waals surface area contributed by atoms with Gasteiger partial charge in [0.25, 0.3) is 0 Å². The highest BCUT2D eigenvalue weighted by Crippen LogP contribution is 2.25. The molecule has 1 aliphatic heterocycles. The first-order valence-electron chi connectivity index (χ1n) is 12.2. The molecule has 0 saturated carbocycles. The molecule has 0 N–H and O–H groups in total. The molecule has 0 spiro atoms. The van der Waals surface area contributed by atoms with E-state index in [2.05, 4.69) is 65.0 Å². The molecule has 2 heterocycles. The Morgan fingerprint density at radius 3 is 2.41 bits per heavy atom. The fraction of sp³-hybridized carbons (Fsp3) is 0.500. The van der Waals surface area contributed by atoms with Gasteiger partial charge in [-0.3, -0.25) is 0 Å². The summed E-state index contributed by atoms with van der Waals surface area (Å²) >= 11 is 0. The molecule has 1 fully saturated rings. The van der Waals surface area contributed by atoms with Gasteiger partial charge in [-0.2, -0.15) is 0 Å². The van der Waals surface area contributed by atoms with Crippen molar-refractivity contribution in [2.75, 3.05) is 40.0 Å². The first kappa shape index (κ1) is 27.7. The minimum Gasteiger partial charge on any atom is -0.501 e. The molecule has 0 radical (unpaired) electrons. The lowest BCUT2D eigenvalue weighted by atomic mass is 10.2. The first-order chi connectivity index (χ1) is 15.7. The van der Waals surface area contributed by atoms with Crippen LogP contribution in [-0.2, 0) is 15.9 Å². The topological polar surface area (TPSA) is 26.6 Å². The third-order valence-corrected chi connectivity index (χ3v) is 5.20. The van der Waals surface area contributed by atoms with Gasteiger partial charge >= 0.3 is 0 Å². The SMILES string of the molecule is CC.CCN1CCCC1.C\C=C/C(=C\C=C\OCC)n1c(CCOC)cc2ccccc21. The van der Waals surface area contributed by atoms with Crippen LogP contribution >= 0.6 is 0 Å². The zero-order valence-electron chi connectivity index (χ0n) is 21.1. The van der Waals surface area contributed by atoms with E-state index in [1.165, 1.54) is 49.1 Å². The minimum atomic E-state index is 0.675. The Bertz CT molecular complexity index is 827. The van der Waals surface area contributed by atoms with Crippen molar-refractivity contribution in [3.63, 3.8) is 0 Å². The van der Waals surface area contributed by atoms with Crippen LogP contribution in [0, 0.1) is 0 Å².